The average molecular weight is 464 g/mol. The summed E-state index contributed by atoms with van der Waals surface area (Å²) in [6.45, 7) is 0. The van der Waals surface area contributed by atoms with E-state index < -0.39 is 17.8 Å². The number of anilines is 3. The van der Waals surface area contributed by atoms with Crippen molar-refractivity contribution in [2.75, 3.05) is 10.6 Å². The third kappa shape index (κ3) is 4.77. The van der Waals surface area contributed by atoms with Crippen molar-refractivity contribution in [1.82, 2.24) is 9.78 Å². The molecule has 5 nitrogen and oxygen atoms in total. The number of hydrogen-bond donors (Lipinski definition) is 2. The molecule has 0 aliphatic carbocycles. The van der Waals surface area contributed by atoms with E-state index in [0.29, 0.717) is 16.4 Å². The Morgan fingerprint density at radius 2 is 1.69 bits per heavy atom. The first kappa shape index (κ1) is 21.3. The van der Waals surface area contributed by atoms with Crippen LogP contribution in [0.2, 0.25) is 15.1 Å². The number of aromatic nitrogens is 2. The van der Waals surface area contributed by atoms with E-state index >= 15 is 0 Å². The van der Waals surface area contributed by atoms with Gasteiger partial charge >= 0.3 is 6.18 Å². The van der Waals surface area contributed by atoms with Gasteiger partial charge in [0.25, 0.3) is 5.91 Å². The molecule has 0 radical (unpaired) electrons. The van der Waals surface area contributed by atoms with Gasteiger partial charge in [-0.3, -0.25) is 9.48 Å². The lowest BCUT2D eigenvalue weighted by molar-refractivity contribution is -0.141. The van der Waals surface area contributed by atoms with Crippen LogP contribution in [-0.2, 0) is 13.2 Å². The molecule has 0 atom stereocenters. The molecule has 0 saturated carbocycles. The number of nitrogens with one attached hydrogen (secondary N) is 2. The quantitative estimate of drug-likeness (QED) is 0.471. The molecular weight excluding hydrogens is 452 g/mol. The number of carbonyl (C=O) groups is 1. The van der Waals surface area contributed by atoms with Crippen molar-refractivity contribution in [3.63, 3.8) is 0 Å². The smallest absolute Gasteiger partial charge is 0.352 e. The number of amides is 1. The molecule has 1 heterocycles. The van der Waals surface area contributed by atoms with Gasteiger partial charge < -0.3 is 10.6 Å². The van der Waals surface area contributed by atoms with Crippen LogP contribution in [0.4, 0.5) is 30.4 Å². The first-order valence-electron chi connectivity index (χ1n) is 7.99. The summed E-state index contributed by atoms with van der Waals surface area (Å²) in [5, 5.41) is 9.56. The van der Waals surface area contributed by atoms with E-state index in [4.69, 9.17) is 34.8 Å². The Morgan fingerprint density at radius 1 is 1.07 bits per heavy atom. The van der Waals surface area contributed by atoms with Gasteiger partial charge in [0, 0.05) is 18.1 Å². The van der Waals surface area contributed by atoms with Gasteiger partial charge in [-0.1, -0.05) is 46.9 Å². The molecule has 1 aromatic heterocycles. The van der Waals surface area contributed by atoms with Gasteiger partial charge in [-0.25, -0.2) is 0 Å². The van der Waals surface area contributed by atoms with Gasteiger partial charge in [0.2, 0.25) is 0 Å². The predicted octanol–water partition coefficient (Wildman–Crippen LogP) is 6.40. The number of hydrogen-bond acceptors (Lipinski definition) is 3. The predicted molar refractivity (Wildman–Crippen MR) is 107 cm³/mol. The maximum absolute atomic E-state index is 12.8. The highest BCUT2D eigenvalue weighted by Gasteiger charge is 2.34. The van der Waals surface area contributed by atoms with Crippen LogP contribution < -0.4 is 10.6 Å². The minimum atomic E-state index is -4.62. The first-order valence-corrected chi connectivity index (χ1v) is 9.13. The number of rotatable bonds is 4. The summed E-state index contributed by atoms with van der Waals surface area (Å²) in [5.74, 6) is -0.759. The van der Waals surface area contributed by atoms with Crippen molar-refractivity contribution in [2.24, 2.45) is 7.05 Å². The molecule has 0 spiro atoms. The molecule has 1 amide bonds. The molecular formula is C18H12Cl3F3N4O. The highest BCUT2D eigenvalue weighted by Crippen LogP contribution is 2.36. The van der Waals surface area contributed by atoms with Crippen LogP contribution in [-0.4, -0.2) is 15.7 Å². The molecule has 0 aliphatic heterocycles. The second-order valence-electron chi connectivity index (χ2n) is 5.91. The SMILES string of the molecule is Cn1nc(C(F)(F)F)cc1NC(=O)c1ccccc1Nc1c(Cl)cc(Cl)cc1Cl. The van der Waals surface area contributed by atoms with Gasteiger partial charge in [0.1, 0.15) is 5.82 Å². The highest BCUT2D eigenvalue weighted by molar-refractivity contribution is 6.42. The number of aryl methyl sites for hydroxylation is 1. The fourth-order valence-corrected chi connectivity index (χ4v) is 3.40. The molecule has 0 aliphatic rings. The standard InChI is InChI=1S/C18H12Cl3F3N4O/c1-28-15(8-14(27-28)18(22,23)24)26-17(29)10-4-2-3-5-13(10)25-16-11(20)6-9(19)7-12(16)21/h2-8,25H,1H3,(H,26,29). The first-order chi connectivity index (χ1) is 13.6. The van der Waals surface area contributed by atoms with E-state index in [9.17, 15) is 18.0 Å². The van der Waals surface area contributed by atoms with Gasteiger partial charge in [0.15, 0.2) is 5.69 Å². The van der Waals surface area contributed by atoms with E-state index in [2.05, 4.69) is 15.7 Å². The summed E-state index contributed by atoms with van der Waals surface area (Å²) in [5.41, 5.74) is -0.280. The monoisotopic (exact) mass is 462 g/mol. The summed E-state index contributed by atoms with van der Waals surface area (Å²) in [6, 6.07) is 10.1. The van der Waals surface area contributed by atoms with Crippen molar-refractivity contribution < 1.29 is 18.0 Å². The van der Waals surface area contributed by atoms with E-state index in [0.717, 1.165) is 10.7 Å². The van der Waals surface area contributed by atoms with E-state index in [1.807, 2.05) is 0 Å². The third-order valence-corrected chi connectivity index (χ3v) is 4.66. The van der Waals surface area contributed by atoms with E-state index in [-0.39, 0.29) is 21.4 Å². The number of alkyl halides is 3. The number of halogens is 6. The Bertz CT molecular complexity index is 1060. The van der Waals surface area contributed by atoms with Crippen LogP contribution in [0.3, 0.4) is 0 Å². The molecule has 3 aromatic rings. The number of nitrogens with zero attached hydrogens (tertiary/aromatic N) is 2. The second kappa shape index (κ2) is 8.14. The van der Waals surface area contributed by atoms with Crippen LogP contribution in [0, 0.1) is 0 Å². The fourth-order valence-electron chi connectivity index (χ4n) is 2.49. The normalized spacial score (nSPS) is 11.4. The number of para-hydroxylation sites is 1. The minimum Gasteiger partial charge on any atom is -0.352 e. The highest BCUT2D eigenvalue weighted by atomic mass is 35.5. The van der Waals surface area contributed by atoms with Crippen molar-refractivity contribution >= 4 is 57.9 Å². The zero-order valence-electron chi connectivity index (χ0n) is 14.6. The molecule has 3 rings (SSSR count). The second-order valence-corrected chi connectivity index (χ2v) is 7.16. The molecule has 152 valence electrons. The molecule has 29 heavy (non-hydrogen) atoms. The summed E-state index contributed by atoms with van der Waals surface area (Å²) in [6.07, 6.45) is -4.62. The Hall–Kier alpha value is -2.42. The molecule has 2 aromatic carbocycles. The third-order valence-electron chi connectivity index (χ3n) is 3.85. The van der Waals surface area contributed by atoms with Gasteiger partial charge in [-0.2, -0.15) is 18.3 Å². The summed E-state index contributed by atoms with van der Waals surface area (Å²) >= 11 is 18.2. The van der Waals surface area contributed by atoms with Crippen molar-refractivity contribution in [3.05, 3.63) is 68.8 Å². The molecule has 11 heteroatoms. The van der Waals surface area contributed by atoms with Crippen LogP contribution in [0.1, 0.15) is 16.1 Å². The minimum absolute atomic E-state index is 0.111. The maximum Gasteiger partial charge on any atom is 0.435 e. The van der Waals surface area contributed by atoms with Gasteiger partial charge in [-0.05, 0) is 24.3 Å². The zero-order valence-corrected chi connectivity index (χ0v) is 16.9. The van der Waals surface area contributed by atoms with Crippen molar-refractivity contribution in [2.45, 2.75) is 6.18 Å². The van der Waals surface area contributed by atoms with Crippen molar-refractivity contribution in [1.29, 1.82) is 0 Å². The summed E-state index contributed by atoms with van der Waals surface area (Å²) in [7, 11) is 1.29. The van der Waals surface area contributed by atoms with Gasteiger partial charge in [0.05, 0.1) is 27.0 Å². The lowest BCUT2D eigenvalue weighted by Gasteiger charge is -2.14. The van der Waals surface area contributed by atoms with Crippen LogP contribution >= 0.6 is 34.8 Å². The molecule has 2 N–H and O–H groups in total. The van der Waals surface area contributed by atoms with Crippen LogP contribution in [0.5, 0.6) is 0 Å². The Morgan fingerprint density at radius 3 is 2.28 bits per heavy atom. The van der Waals surface area contributed by atoms with Gasteiger partial charge in [-0.15, -0.1) is 0 Å². The molecule has 0 unspecified atom stereocenters. The lowest BCUT2D eigenvalue weighted by Crippen LogP contribution is -2.16. The zero-order chi connectivity index (χ0) is 21.3. The number of benzene rings is 2. The molecule has 0 bridgehead atoms. The van der Waals surface area contributed by atoms with E-state index in [1.54, 1.807) is 18.2 Å². The average Bonchev–Trinajstić information content (AvgIpc) is 2.99. The van der Waals surface area contributed by atoms with Crippen LogP contribution in [0.25, 0.3) is 0 Å². The Balaban J connectivity index is 1.90. The van der Waals surface area contributed by atoms with E-state index in [1.165, 1.54) is 25.2 Å². The number of carbonyl (C=O) groups excluding carboxylic acids is 1. The summed E-state index contributed by atoms with van der Waals surface area (Å²) in [4.78, 5) is 12.7. The summed E-state index contributed by atoms with van der Waals surface area (Å²) < 4.78 is 39.4. The lowest BCUT2D eigenvalue weighted by atomic mass is 10.1. The van der Waals surface area contributed by atoms with Crippen molar-refractivity contribution in [3.8, 4) is 0 Å². The molecule has 0 saturated heterocycles. The largest absolute Gasteiger partial charge is 0.435 e. The Labute approximate surface area is 178 Å². The Kier molecular flexibility index (Phi) is 5.97. The topological polar surface area (TPSA) is 59.0 Å². The fraction of sp³-hybridized carbons (Fsp3) is 0.111. The molecule has 0 fully saturated rings. The van der Waals surface area contributed by atoms with Crippen LogP contribution in [0.15, 0.2) is 42.5 Å². The maximum atomic E-state index is 12.8.